The van der Waals surface area contributed by atoms with Crippen molar-refractivity contribution in [1.82, 2.24) is 24.9 Å². The maximum absolute atomic E-state index is 15.0. The van der Waals surface area contributed by atoms with Gasteiger partial charge in [0.25, 0.3) is 10.2 Å². The lowest BCUT2D eigenvalue weighted by Crippen LogP contribution is -2.47. The predicted molar refractivity (Wildman–Crippen MR) is 276 cm³/mol. The molecule has 1 aromatic heterocycles. The zero-order valence-corrected chi connectivity index (χ0v) is 43.9. The van der Waals surface area contributed by atoms with E-state index in [2.05, 4.69) is 40.8 Å². The zero-order chi connectivity index (χ0) is 55.5. The van der Waals surface area contributed by atoms with Crippen molar-refractivity contribution in [2.45, 2.75) is 84.6 Å². The van der Waals surface area contributed by atoms with Crippen LogP contribution in [0.15, 0.2) is 54.6 Å². The summed E-state index contributed by atoms with van der Waals surface area (Å²) >= 11 is 0. The number of esters is 1. The van der Waals surface area contributed by atoms with Crippen LogP contribution >= 0.6 is 0 Å². The number of aromatic nitrogens is 2. The molecule has 0 saturated carbocycles. The number of hydrogen-bond acceptors (Lipinski definition) is 19. The minimum atomic E-state index is -4.50. The van der Waals surface area contributed by atoms with Crippen molar-refractivity contribution < 1.29 is 66.7 Å². The molecule has 0 unspecified atom stereocenters. The number of Topliss-reactive ketones (excluding diaryl/α,β-unsaturated/α-hetero) is 2. The number of nitrogen functional groups attached to an aromatic ring is 1. The SMILES string of the molecule is COC(=O)[C@@H]1Cc2ccc(OC[C@H](O)CN)c(c2)-c2cc(cc(OC[C@H](O)CN)c2O)[C@H](N(C)C(=O)[C@H](CNS(N)(=O)=O)CC(=O)c2c(C)nc(-c3ccc(OCCC(C)(C)C)cc3)nc2N)C(=O)C[C@@H](C)C(=O)N1. The molecule has 0 radical (unpaired) electrons. The summed E-state index contributed by atoms with van der Waals surface area (Å²) in [4.78, 5) is 81.1. The maximum Gasteiger partial charge on any atom is 0.328 e. The van der Waals surface area contributed by atoms with Crippen LogP contribution in [0.2, 0.25) is 0 Å². The first-order valence-corrected chi connectivity index (χ1v) is 25.7. The largest absolute Gasteiger partial charge is 0.504 e. The number of anilines is 1. The highest BCUT2D eigenvalue weighted by atomic mass is 32.2. The summed E-state index contributed by atoms with van der Waals surface area (Å²) in [5, 5.41) is 40.8. The second-order valence-electron chi connectivity index (χ2n) is 19.7. The number of nitrogens with two attached hydrogens (primary N) is 4. The second-order valence-corrected chi connectivity index (χ2v) is 21.0. The Bertz CT molecular complexity index is 2800. The zero-order valence-electron chi connectivity index (χ0n) is 43.1. The molecular formula is C51H69N9O14S. The molecule has 23 nitrogen and oxygen atoms in total. The van der Waals surface area contributed by atoms with Gasteiger partial charge in [0.1, 0.15) is 54.8 Å². The number of aromatic hydroxyl groups is 1. The Morgan fingerprint density at radius 1 is 0.920 bits per heavy atom. The first-order chi connectivity index (χ1) is 35.2. The molecule has 0 aliphatic carbocycles. The molecular weight excluding hydrogens is 995 g/mol. The number of ketones is 2. The number of likely N-dealkylation sites (N-methyl/N-ethyl adjacent to an activating group) is 1. The molecule has 2 heterocycles. The number of phenols is 1. The molecule has 0 saturated heterocycles. The van der Waals surface area contributed by atoms with E-state index in [1.54, 1.807) is 30.3 Å². The van der Waals surface area contributed by atoms with Crippen LogP contribution in [0, 0.1) is 24.2 Å². The van der Waals surface area contributed by atoms with Crippen molar-refractivity contribution in [3.8, 4) is 45.5 Å². The number of carbonyl (C=O) groups is 5. The van der Waals surface area contributed by atoms with E-state index in [-0.39, 0.29) is 82.6 Å². The van der Waals surface area contributed by atoms with Crippen molar-refractivity contribution in [2.24, 2.45) is 33.9 Å². The molecule has 13 N–H and O–H groups in total. The molecule has 2 amide bonds. The van der Waals surface area contributed by atoms with Crippen LogP contribution in [0.25, 0.3) is 22.5 Å². The number of hydrogen-bond donors (Lipinski definition) is 9. The third-order valence-corrected chi connectivity index (χ3v) is 12.9. The second kappa shape index (κ2) is 25.6. The number of aliphatic hydroxyl groups is 2. The quantitative estimate of drug-likeness (QED) is 0.0423. The molecule has 0 spiro atoms. The minimum absolute atomic E-state index is 0.0330. The molecule has 3 aromatic carbocycles. The number of methoxy groups -OCH3 is 1. The molecule has 4 bridgehead atoms. The molecule has 75 heavy (non-hydrogen) atoms. The number of nitrogens with zero attached hydrogens (tertiary/aromatic N) is 3. The van der Waals surface area contributed by atoms with E-state index >= 15 is 4.79 Å². The molecule has 4 aromatic rings. The Hall–Kier alpha value is -6.80. The van der Waals surface area contributed by atoms with Gasteiger partial charge in [0.15, 0.2) is 28.9 Å². The number of benzene rings is 3. The van der Waals surface area contributed by atoms with Crippen LogP contribution in [-0.4, -0.2) is 140 Å². The van der Waals surface area contributed by atoms with Crippen molar-refractivity contribution in [3.63, 3.8) is 0 Å². The Balaban J connectivity index is 1.63. The van der Waals surface area contributed by atoms with Gasteiger partial charge in [-0.3, -0.25) is 19.2 Å². The van der Waals surface area contributed by atoms with Gasteiger partial charge < -0.3 is 61.7 Å². The molecule has 5 rings (SSSR count). The van der Waals surface area contributed by atoms with Crippen LogP contribution in [0.3, 0.4) is 0 Å². The number of nitrogens with one attached hydrogen (secondary N) is 2. The predicted octanol–water partition coefficient (Wildman–Crippen LogP) is 1.61. The topological polar surface area (TPSA) is 374 Å². The van der Waals surface area contributed by atoms with E-state index in [1.165, 1.54) is 45.2 Å². The summed E-state index contributed by atoms with van der Waals surface area (Å²) in [6.45, 7) is 7.84. The first kappa shape index (κ1) is 59.1. The maximum atomic E-state index is 15.0. The average molecular weight is 1060 g/mol. The van der Waals surface area contributed by atoms with Gasteiger partial charge in [-0.25, -0.2) is 24.6 Å². The van der Waals surface area contributed by atoms with Crippen LogP contribution in [0.4, 0.5) is 5.82 Å². The van der Waals surface area contributed by atoms with Gasteiger partial charge in [-0.05, 0) is 78.4 Å². The number of ether oxygens (including phenoxy) is 4. The Kier molecular flexibility index (Phi) is 20.2. The normalized spacial score (nSPS) is 17.4. The van der Waals surface area contributed by atoms with E-state index in [1.807, 2.05) is 0 Å². The molecule has 24 heteroatoms. The summed E-state index contributed by atoms with van der Waals surface area (Å²) in [6.07, 6.45) is -2.95. The van der Waals surface area contributed by atoms with Crippen LogP contribution in [-0.2, 0) is 40.5 Å². The van der Waals surface area contributed by atoms with Gasteiger partial charge in [0, 0.05) is 68.6 Å². The fourth-order valence-corrected chi connectivity index (χ4v) is 8.55. The van der Waals surface area contributed by atoms with E-state index < -0.39 is 107 Å². The van der Waals surface area contributed by atoms with Gasteiger partial charge in [0.05, 0.1) is 30.9 Å². The number of aryl methyl sites for hydroxylation is 1. The van der Waals surface area contributed by atoms with Gasteiger partial charge in [0.2, 0.25) is 11.8 Å². The van der Waals surface area contributed by atoms with Crippen molar-refractivity contribution in [2.75, 3.05) is 59.3 Å². The van der Waals surface area contributed by atoms with Crippen molar-refractivity contribution in [1.29, 1.82) is 0 Å². The van der Waals surface area contributed by atoms with E-state index in [9.17, 15) is 42.9 Å². The number of fused-ring (bicyclic) bond motifs is 5. The molecule has 1 aliphatic heterocycles. The van der Waals surface area contributed by atoms with Crippen LogP contribution in [0.5, 0.6) is 23.0 Å². The highest BCUT2D eigenvalue weighted by molar-refractivity contribution is 7.87. The lowest BCUT2D eigenvalue weighted by molar-refractivity contribution is -0.146. The Morgan fingerprint density at radius 2 is 1.56 bits per heavy atom. The summed E-state index contributed by atoms with van der Waals surface area (Å²) in [6, 6.07) is 11.2. The average Bonchev–Trinajstić information content (AvgIpc) is 3.35. The van der Waals surface area contributed by atoms with Gasteiger partial charge in [-0.1, -0.05) is 33.8 Å². The fourth-order valence-electron chi connectivity index (χ4n) is 8.12. The highest BCUT2D eigenvalue weighted by Crippen LogP contribution is 2.45. The molecule has 6 atom stereocenters. The molecule has 1 aliphatic rings. The van der Waals surface area contributed by atoms with Crippen LogP contribution < -0.4 is 46.6 Å². The molecule has 0 fully saturated rings. The minimum Gasteiger partial charge on any atom is -0.504 e. The Labute approximate surface area is 435 Å². The van der Waals surface area contributed by atoms with Crippen LogP contribution in [0.1, 0.15) is 80.2 Å². The van der Waals surface area contributed by atoms with E-state index in [0.29, 0.717) is 23.5 Å². The third-order valence-electron chi connectivity index (χ3n) is 12.3. The monoisotopic (exact) mass is 1060 g/mol. The smallest absolute Gasteiger partial charge is 0.328 e. The number of amides is 2. The number of aliphatic hydroxyl groups excluding tert-OH is 2. The van der Waals surface area contributed by atoms with Crippen molar-refractivity contribution >= 4 is 45.4 Å². The lowest BCUT2D eigenvalue weighted by Gasteiger charge is -2.32. The van der Waals surface area contributed by atoms with E-state index in [4.69, 9.17) is 41.3 Å². The summed E-state index contributed by atoms with van der Waals surface area (Å²) in [5.41, 5.74) is 18.8. The molecule has 408 valence electrons. The number of carbonyl (C=O) groups excluding carboxylic acids is 5. The first-order valence-electron chi connectivity index (χ1n) is 24.1. The standard InChI is InChI=1S/C51H69N9O14S/c1-27-16-40(64)44(31-19-37(45(65)42(21-31)74-26-34(62)23-53)36-17-29(8-13-41(36)73-25-33(61)22-52)18-38(50(68)71-7)58-48(27)66)60(6)49(67)32(24-56-75(55,69)70)20-39(63)43-28(2)57-47(59-46(43)54)30-9-11-35(12-10-30)72-15-14-51(3,4)5/h8-13,17,19,21,27,32-34,38,44,56,61-62,65H,14-16,18,20,22-26,52-53H2,1-7H3,(H,58,66)(H2,54,57,59)(H2,55,69,70)/t27-,32+,33-,34-,38+,44+/m1/s1. The van der Waals surface area contributed by atoms with Gasteiger partial charge >= 0.3 is 5.97 Å². The van der Waals surface area contributed by atoms with Crippen molar-refractivity contribution in [3.05, 3.63) is 77.0 Å². The lowest BCUT2D eigenvalue weighted by atomic mass is 9.88. The van der Waals surface area contributed by atoms with Gasteiger partial charge in [-0.2, -0.15) is 8.42 Å². The Morgan fingerprint density at radius 3 is 2.15 bits per heavy atom. The fraction of sp³-hybridized carbons (Fsp3) is 0.471. The summed E-state index contributed by atoms with van der Waals surface area (Å²) < 4.78 is 49.6. The number of phenolic OH excluding ortho intramolecular Hbond substituents is 1. The third kappa shape index (κ3) is 16.1. The number of rotatable bonds is 21. The highest BCUT2D eigenvalue weighted by Gasteiger charge is 2.38. The summed E-state index contributed by atoms with van der Waals surface area (Å²) in [7, 11) is -2.15. The van der Waals surface area contributed by atoms with Gasteiger partial charge in [-0.15, -0.1) is 0 Å². The van der Waals surface area contributed by atoms with E-state index in [0.717, 1.165) is 18.4 Å². The summed E-state index contributed by atoms with van der Waals surface area (Å²) in [5.74, 6) is -7.01.